The fourth-order valence-corrected chi connectivity index (χ4v) is 2.33. The van der Waals surface area contributed by atoms with Crippen LogP contribution in [0.15, 0.2) is 12.3 Å². The summed E-state index contributed by atoms with van der Waals surface area (Å²) in [7, 11) is -1.65. The highest BCUT2D eigenvalue weighted by molar-refractivity contribution is 7.90. The molecule has 0 spiro atoms. The molecular weight excluding hydrogens is 256 g/mol. The fraction of sp³-hybridized carbons (Fsp3) is 0.545. The number of nitrogens with two attached hydrogens (primary N) is 1. The average Bonchev–Trinajstić information content (AvgIpc) is 2.27. The molecule has 0 aliphatic carbocycles. The van der Waals surface area contributed by atoms with Crippen LogP contribution in [0.1, 0.15) is 18.5 Å². The van der Waals surface area contributed by atoms with Gasteiger partial charge in [-0.25, -0.2) is 13.4 Å². The molecule has 0 aromatic carbocycles. The normalized spacial score (nSPS) is 13.1. The van der Waals surface area contributed by atoms with E-state index in [1.807, 2.05) is 6.92 Å². The lowest BCUT2D eigenvalue weighted by molar-refractivity contribution is 0.303. The molecule has 0 radical (unpaired) electrons. The maximum Gasteiger partial charge on any atom is 0.256 e. The molecule has 0 amide bonds. The number of pyridine rings is 1. The topological polar surface area (TPSA) is 91.5 Å². The lowest BCUT2D eigenvalue weighted by Crippen LogP contribution is -2.21. The first-order valence-corrected chi connectivity index (χ1v) is 7.53. The largest absolute Gasteiger partial charge is 0.488 e. The Bertz CT molecular complexity index is 502. The predicted molar refractivity (Wildman–Crippen MR) is 68.6 cm³/mol. The molecule has 0 fully saturated rings. The first kappa shape index (κ1) is 14.7. The van der Waals surface area contributed by atoms with E-state index in [0.29, 0.717) is 23.8 Å². The molecule has 0 saturated carbocycles. The van der Waals surface area contributed by atoms with Crippen LogP contribution in [0, 0.1) is 0 Å². The van der Waals surface area contributed by atoms with Gasteiger partial charge in [-0.1, -0.05) is 0 Å². The number of hydrogen-bond donors (Lipinski definition) is 1. The van der Waals surface area contributed by atoms with Crippen LogP contribution in [0.25, 0.3) is 0 Å². The van der Waals surface area contributed by atoms with Crippen LogP contribution in [0.2, 0.25) is 0 Å². The summed E-state index contributed by atoms with van der Waals surface area (Å²) >= 11 is 0. The van der Waals surface area contributed by atoms with Crippen LogP contribution in [-0.2, 0) is 9.84 Å². The molecule has 102 valence electrons. The van der Waals surface area contributed by atoms with Gasteiger partial charge >= 0.3 is 0 Å². The van der Waals surface area contributed by atoms with E-state index in [4.69, 9.17) is 15.2 Å². The Morgan fingerprint density at radius 1 is 1.50 bits per heavy atom. The second-order valence-electron chi connectivity index (χ2n) is 3.91. The van der Waals surface area contributed by atoms with Gasteiger partial charge in [-0.3, -0.25) is 0 Å². The molecule has 0 bridgehead atoms. The average molecular weight is 274 g/mol. The Labute approximate surface area is 107 Å². The molecular formula is C11H18N2O4S. The SMILES string of the molecule is CCOc1cc(C(N)CS(C)(=O)=O)cnc1OC. The highest BCUT2D eigenvalue weighted by Crippen LogP contribution is 2.27. The summed E-state index contributed by atoms with van der Waals surface area (Å²) in [6, 6.07) is 1.03. The number of nitrogens with zero attached hydrogens (tertiary/aromatic N) is 1. The lowest BCUT2D eigenvalue weighted by Gasteiger charge is -2.14. The van der Waals surface area contributed by atoms with E-state index in [-0.39, 0.29) is 5.75 Å². The third kappa shape index (κ3) is 4.15. The zero-order valence-electron chi connectivity index (χ0n) is 10.7. The standard InChI is InChI=1S/C11H18N2O4S/c1-4-17-10-5-8(6-13-11(10)16-2)9(12)7-18(3,14)15/h5-6,9H,4,7,12H2,1-3H3. The summed E-state index contributed by atoms with van der Waals surface area (Å²) in [5.74, 6) is 0.681. The van der Waals surface area contributed by atoms with E-state index >= 15 is 0 Å². The van der Waals surface area contributed by atoms with Crippen molar-refractivity contribution in [2.75, 3.05) is 25.7 Å². The third-order valence-corrected chi connectivity index (χ3v) is 3.21. The predicted octanol–water partition coefficient (Wildman–Crippen LogP) is 0.533. The minimum atomic E-state index is -3.14. The Morgan fingerprint density at radius 3 is 2.67 bits per heavy atom. The van der Waals surface area contributed by atoms with Gasteiger partial charge < -0.3 is 15.2 Å². The lowest BCUT2D eigenvalue weighted by atomic mass is 10.1. The van der Waals surface area contributed by atoms with Crippen molar-refractivity contribution < 1.29 is 17.9 Å². The molecule has 1 rings (SSSR count). The summed E-state index contributed by atoms with van der Waals surface area (Å²) in [5.41, 5.74) is 6.42. The number of sulfone groups is 1. The van der Waals surface area contributed by atoms with Crippen molar-refractivity contribution in [3.63, 3.8) is 0 Å². The van der Waals surface area contributed by atoms with Gasteiger partial charge in [0.05, 0.1) is 19.5 Å². The Hall–Kier alpha value is -1.34. The first-order chi connectivity index (χ1) is 8.37. The minimum Gasteiger partial charge on any atom is -0.488 e. The molecule has 1 aromatic heterocycles. The van der Waals surface area contributed by atoms with Crippen LogP contribution in [-0.4, -0.2) is 39.1 Å². The number of ether oxygens (including phenoxy) is 2. The van der Waals surface area contributed by atoms with Gasteiger partial charge in [0.1, 0.15) is 9.84 Å². The monoisotopic (exact) mass is 274 g/mol. The zero-order chi connectivity index (χ0) is 13.8. The van der Waals surface area contributed by atoms with E-state index in [9.17, 15) is 8.42 Å². The van der Waals surface area contributed by atoms with Gasteiger partial charge in [0.15, 0.2) is 5.75 Å². The summed E-state index contributed by atoms with van der Waals surface area (Å²) in [6.45, 7) is 2.30. The van der Waals surface area contributed by atoms with E-state index in [1.165, 1.54) is 13.3 Å². The Balaban J connectivity index is 3.00. The highest BCUT2D eigenvalue weighted by Gasteiger charge is 2.16. The van der Waals surface area contributed by atoms with Crippen LogP contribution in [0.5, 0.6) is 11.6 Å². The Kier molecular flexibility index (Phi) is 4.92. The number of hydrogen-bond acceptors (Lipinski definition) is 6. The van der Waals surface area contributed by atoms with Crippen molar-refractivity contribution in [2.24, 2.45) is 5.73 Å². The van der Waals surface area contributed by atoms with E-state index in [2.05, 4.69) is 4.98 Å². The highest BCUT2D eigenvalue weighted by atomic mass is 32.2. The molecule has 1 unspecified atom stereocenters. The molecule has 0 aliphatic rings. The third-order valence-electron chi connectivity index (χ3n) is 2.24. The van der Waals surface area contributed by atoms with Gasteiger partial charge in [0.2, 0.25) is 0 Å². The van der Waals surface area contributed by atoms with Gasteiger partial charge in [-0.15, -0.1) is 0 Å². The smallest absolute Gasteiger partial charge is 0.256 e. The summed E-state index contributed by atoms with van der Waals surface area (Å²) in [6.07, 6.45) is 2.64. The first-order valence-electron chi connectivity index (χ1n) is 5.47. The van der Waals surface area contributed by atoms with Crippen molar-refractivity contribution in [1.29, 1.82) is 0 Å². The van der Waals surface area contributed by atoms with Crippen LogP contribution >= 0.6 is 0 Å². The molecule has 0 saturated heterocycles. The second-order valence-corrected chi connectivity index (χ2v) is 6.09. The minimum absolute atomic E-state index is 0.132. The number of methoxy groups -OCH3 is 1. The fourth-order valence-electron chi connectivity index (χ4n) is 1.48. The van der Waals surface area contributed by atoms with Crippen LogP contribution in [0.4, 0.5) is 0 Å². The van der Waals surface area contributed by atoms with Gasteiger partial charge in [-0.2, -0.15) is 0 Å². The van der Waals surface area contributed by atoms with Crippen molar-refractivity contribution in [3.05, 3.63) is 17.8 Å². The van der Waals surface area contributed by atoms with Crippen LogP contribution < -0.4 is 15.2 Å². The Morgan fingerprint density at radius 2 is 2.17 bits per heavy atom. The van der Waals surface area contributed by atoms with Crippen molar-refractivity contribution in [2.45, 2.75) is 13.0 Å². The molecule has 18 heavy (non-hydrogen) atoms. The number of aromatic nitrogens is 1. The van der Waals surface area contributed by atoms with Gasteiger partial charge in [0.25, 0.3) is 5.88 Å². The summed E-state index contributed by atoms with van der Waals surface area (Å²) in [4.78, 5) is 4.04. The molecule has 6 nitrogen and oxygen atoms in total. The van der Waals surface area contributed by atoms with Gasteiger partial charge in [0, 0.05) is 18.5 Å². The molecule has 1 heterocycles. The van der Waals surface area contributed by atoms with Crippen molar-refractivity contribution in [3.8, 4) is 11.6 Å². The number of rotatable bonds is 6. The molecule has 1 aromatic rings. The zero-order valence-corrected chi connectivity index (χ0v) is 11.5. The second kappa shape index (κ2) is 6.01. The maximum atomic E-state index is 11.2. The van der Waals surface area contributed by atoms with Gasteiger partial charge in [-0.05, 0) is 18.6 Å². The maximum absolute atomic E-state index is 11.2. The molecule has 1 atom stereocenters. The van der Waals surface area contributed by atoms with Crippen molar-refractivity contribution >= 4 is 9.84 Å². The molecule has 7 heteroatoms. The summed E-state index contributed by atoms with van der Waals surface area (Å²) in [5, 5.41) is 0. The molecule has 0 aliphatic heterocycles. The quantitative estimate of drug-likeness (QED) is 0.813. The molecule has 2 N–H and O–H groups in total. The van der Waals surface area contributed by atoms with E-state index in [0.717, 1.165) is 6.26 Å². The van der Waals surface area contributed by atoms with Crippen LogP contribution in [0.3, 0.4) is 0 Å². The summed E-state index contributed by atoms with van der Waals surface area (Å²) < 4.78 is 32.8. The van der Waals surface area contributed by atoms with Crippen molar-refractivity contribution in [1.82, 2.24) is 4.98 Å². The van der Waals surface area contributed by atoms with E-state index in [1.54, 1.807) is 6.07 Å². The van der Waals surface area contributed by atoms with E-state index < -0.39 is 15.9 Å².